The first kappa shape index (κ1) is 31.9. The molecular weight excluding hydrogens is 568 g/mol. The number of nitrogens with zero attached hydrogens (tertiary/aromatic N) is 3. The summed E-state index contributed by atoms with van der Waals surface area (Å²) in [5.74, 6) is -0.0944. The fourth-order valence-corrected chi connectivity index (χ4v) is 7.04. The molecule has 0 aliphatic carbocycles. The molecule has 0 saturated heterocycles. The number of aliphatic hydroxyl groups excluding tert-OH is 1. The van der Waals surface area contributed by atoms with Crippen molar-refractivity contribution in [3.05, 3.63) is 95.6 Å². The molecule has 0 radical (unpaired) electrons. The fraction of sp³-hybridized carbons (Fsp3) is 0.286. The maximum Gasteiger partial charge on any atom is 0.243 e. The zero-order chi connectivity index (χ0) is 30.0. The van der Waals surface area contributed by atoms with E-state index in [-0.39, 0.29) is 35.2 Å². The number of benzene rings is 3. The standard InChI is InChI=1S/C28H34N4O7S2/c1-21(2)19-32(41(38,39)26-14-10-24(11-15-26)18-30-35)20-28(33)27(16-22-6-4-3-5-7-22)31-40(36,37)25-12-8-23(9-13-25)17-29-34/h3-15,17-18,21,27-28,31,33-35H,16,19-20H2,1-2H3/b29-17-,30-18+/t27-,28+/m0/s1. The van der Waals surface area contributed by atoms with Gasteiger partial charge in [-0.25, -0.2) is 21.6 Å². The Morgan fingerprint density at radius 3 is 1.78 bits per heavy atom. The van der Waals surface area contributed by atoms with Gasteiger partial charge >= 0.3 is 0 Å². The molecule has 13 heteroatoms. The summed E-state index contributed by atoms with van der Waals surface area (Å²) in [6.07, 6.45) is 1.00. The normalized spacial score (nSPS) is 14.3. The van der Waals surface area contributed by atoms with Gasteiger partial charge in [0.2, 0.25) is 20.0 Å². The number of aliphatic hydroxyl groups is 1. The number of nitrogens with one attached hydrogen (secondary N) is 1. The van der Waals surface area contributed by atoms with Crippen LogP contribution in [-0.4, -0.2) is 74.3 Å². The van der Waals surface area contributed by atoms with Crippen LogP contribution in [0, 0.1) is 5.92 Å². The second-order valence-corrected chi connectivity index (χ2v) is 13.5. The van der Waals surface area contributed by atoms with E-state index in [1.165, 1.54) is 54.7 Å². The predicted molar refractivity (Wildman–Crippen MR) is 156 cm³/mol. The monoisotopic (exact) mass is 602 g/mol. The number of hydrogen-bond donors (Lipinski definition) is 4. The molecule has 0 aliphatic heterocycles. The van der Waals surface area contributed by atoms with E-state index < -0.39 is 32.2 Å². The van der Waals surface area contributed by atoms with Crippen LogP contribution in [0.2, 0.25) is 0 Å². The molecule has 3 aromatic carbocycles. The molecule has 0 aliphatic rings. The van der Waals surface area contributed by atoms with Crippen molar-refractivity contribution in [3.8, 4) is 0 Å². The molecule has 0 saturated carbocycles. The molecular formula is C28H34N4O7S2. The van der Waals surface area contributed by atoms with E-state index in [0.29, 0.717) is 11.1 Å². The minimum absolute atomic E-state index is 0.0212. The summed E-state index contributed by atoms with van der Waals surface area (Å²) < 4.78 is 57.5. The first-order valence-corrected chi connectivity index (χ1v) is 15.7. The van der Waals surface area contributed by atoms with Gasteiger partial charge in [-0.3, -0.25) is 0 Å². The van der Waals surface area contributed by atoms with Crippen molar-refractivity contribution in [2.75, 3.05) is 13.1 Å². The topological polar surface area (TPSA) is 169 Å². The molecule has 2 atom stereocenters. The molecule has 0 aromatic heterocycles. The maximum atomic E-state index is 13.6. The molecule has 0 fully saturated rings. The Morgan fingerprint density at radius 2 is 1.29 bits per heavy atom. The maximum absolute atomic E-state index is 13.6. The SMILES string of the molecule is CC(C)CN(C[C@@H](O)[C@H](Cc1ccccc1)NS(=O)(=O)c1ccc(/C=N\O)cc1)S(=O)(=O)c1ccc(/C=N/O)cc1. The van der Waals surface area contributed by atoms with E-state index in [0.717, 1.165) is 16.1 Å². The van der Waals surface area contributed by atoms with Gasteiger partial charge in [0.15, 0.2) is 0 Å². The zero-order valence-corrected chi connectivity index (χ0v) is 24.3. The minimum atomic E-state index is -4.13. The van der Waals surface area contributed by atoms with E-state index in [1.807, 2.05) is 19.9 Å². The molecule has 0 heterocycles. The number of hydrogen-bond acceptors (Lipinski definition) is 9. The molecule has 0 amide bonds. The largest absolute Gasteiger partial charge is 0.411 e. The summed E-state index contributed by atoms with van der Waals surface area (Å²) >= 11 is 0. The Hall–Kier alpha value is -3.62. The molecule has 4 N–H and O–H groups in total. The minimum Gasteiger partial charge on any atom is -0.411 e. The van der Waals surface area contributed by atoms with Crippen LogP contribution in [0.1, 0.15) is 30.5 Å². The van der Waals surface area contributed by atoms with Crippen LogP contribution in [0.4, 0.5) is 0 Å². The predicted octanol–water partition coefficient (Wildman–Crippen LogP) is 2.90. The van der Waals surface area contributed by atoms with Crippen LogP contribution < -0.4 is 4.72 Å². The van der Waals surface area contributed by atoms with E-state index in [1.54, 1.807) is 24.3 Å². The Morgan fingerprint density at radius 1 is 0.780 bits per heavy atom. The van der Waals surface area contributed by atoms with Gasteiger partial charge in [-0.2, -0.15) is 4.31 Å². The lowest BCUT2D eigenvalue weighted by atomic mass is 10.0. The molecule has 3 aromatic rings. The fourth-order valence-electron chi connectivity index (χ4n) is 4.15. The third-order valence-electron chi connectivity index (χ3n) is 6.15. The Labute approximate surface area is 240 Å². The van der Waals surface area contributed by atoms with Crippen LogP contribution in [0.15, 0.2) is 99.0 Å². The van der Waals surface area contributed by atoms with Gasteiger partial charge in [0.1, 0.15) is 0 Å². The average Bonchev–Trinajstić information content (AvgIpc) is 2.93. The first-order chi connectivity index (χ1) is 19.5. The molecule has 0 bridgehead atoms. The zero-order valence-electron chi connectivity index (χ0n) is 22.6. The van der Waals surface area contributed by atoms with Gasteiger partial charge in [0.05, 0.1) is 34.4 Å². The lowest BCUT2D eigenvalue weighted by molar-refractivity contribution is 0.110. The van der Waals surface area contributed by atoms with E-state index in [4.69, 9.17) is 10.4 Å². The van der Waals surface area contributed by atoms with Crippen molar-refractivity contribution in [1.29, 1.82) is 0 Å². The van der Waals surface area contributed by atoms with Gasteiger partial charge in [-0.1, -0.05) is 78.8 Å². The third kappa shape index (κ3) is 8.93. The van der Waals surface area contributed by atoms with Crippen LogP contribution >= 0.6 is 0 Å². The van der Waals surface area contributed by atoms with Gasteiger partial charge in [-0.05, 0) is 53.3 Å². The van der Waals surface area contributed by atoms with Crippen molar-refractivity contribution in [2.45, 2.75) is 42.2 Å². The lowest BCUT2D eigenvalue weighted by Gasteiger charge is -2.30. The Bertz CT molecular complexity index is 1530. The number of rotatable bonds is 14. The van der Waals surface area contributed by atoms with Crippen molar-refractivity contribution >= 4 is 32.5 Å². The van der Waals surface area contributed by atoms with Crippen molar-refractivity contribution in [2.24, 2.45) is 16.2 Å². The number of oxime groups is 2. The molecule has 0 unspecified atom stereocenters. The Balaban J connectivity index is 1.93. The first-order valence-electron chi connectivity index (χ1n) is 12.8. The van der Waals surface area contributed by atoms with Crippen molar-refractivity contribution < 1.29 is 32.4 Å². The van der Waals surface area contributed by atoms with E-state index in [2.05, 4.69) is 15.0 Å². The van der Waals surface area contributed by atoms with Crippen molar-refractivity contribution in [1.82, 2.24) is 9.03 Å². The third-order valence-corrected chi connectivity index (χ3v) is 9.50. The van der Waals surface area contributed by atoms with E-state index >= 15 is 0 Å². The van der Waals surface area contributed by atoms with Crippen LogP contribution in [0.5, 0.6) is 0 Å². The highest BCUT2D eigenvalue weighted by Gasteiger charge is 2.32. The molecule has 0 spiro atoms. The smallest absolute Gasteiger partial charge is 0.243 e. The van der Waals surface area contributed by atoms with Gasteiger partial charge in [-0.15, -0.1) is 0 Å². The molecule has 11 nitrogen and oxygen atoms in total. The summed E-state index contributed by atoms with van der Waals surface area (Å²) in [6, 6.07) is 19.2. The van der Waals surface area contributed by atoms with Crippen LogP contribution in [-0.2, 0) is 26.5 Å². The van der Waals surface area contributed by atoms with E-state index in [9.17, 15) is 21.9 Å². The quantitative estimate of drug-likeness (QED) is 0.125. The second kappa shape index (κ2) is 14.3. The van der Waals surface area contributed by atoms with Crippen LogP contribution in [0.25, 0.3) is 0 Å². The van der Waals surface area contributed by atoms with Gasteiger partial charge in [0, 0.05) is 13.1 Å². The van der Waals surface area contributed by atoms with Crippen molar-refractivity contribution in [3.63, 3.8) is 0 Å². The summed E-state index contributed by atoms with van der Waals surface area (Å²) in [7, 11) is -8.21. The summed E-state index contributed by atoms with van der Waals surface area (Å²) in [4.78, 5) is -0.0943. The highest BCUT2D eigenvalue weighted by atomic mass is 32.2. The van der Waals surface area contributed by atoms with Gasteiger partial charge < -0.3 is 15.5 Å². The Kier molecular flexibility index (Phi) is 11.1. The summed E-state index contributed by atoms with van der Waals surface area (Å²) in [5, 5.41) is 34.7. The highest BCUT2D eigenvalue weighted by Crippen LogP contribution is 2.21. The summed E-state index contributed by atoms with van der Waals surface area (Å²) in [5.41, 5.74) is 1.72. The van der Waals surface area contributed by atoms with Crippen LogP contribution in [0.3, 0.4) is 0 Å². The highest BCUT2D eigenvalue weighted by molar-refractivity contribution is 7.89. The lowest BCUT2D eigenvalue weighted by Crippen LogP contribution is -2.51. The molecule has 220 valence electrons. The van der Waals surface area contributed by atoms with Gasteiger partial charge in [0.25, 0.3) is 0 Å². The molecule has 3 rings (SSSR count). The average molecular weight is 603 g/mol. The molecule has 41 heavy (non-hydrogen) atoms. The number of sulfonamides is 2. The summed E-state index contributed by atoms with van der Waals surface area (Å²) in [6.45, 7) is 3.39. The second-order valence-electron chi connectivity index (χ2n) is 9.83.